The lowest BCUT2D eigenvalue weighted by atomic mass is 10.1. The molecule has 0 aliphatic carbocycles. The Morgan fingerprint density at radius 2 is 2.19 bits per heavy atom. The number of halogens is 1. The minimum atomic E-state index is -3.66. The van der Waals surface area contributed by atoms with E-state index in [2.05, 4.69) is 5.32 Å². The maximum atomic E-state index is 11.1. The van der Waals surface area contributed by atoms with Crippen molar-refractivity contribution < 1.29 is 17.9 Å². The van der Waals surface area contributed by atoms with Gasteiger partial charge in [0.05, 0.1) is 11.4 Å². The van der Waals surface area contributed by atoms with E-state index in [-0.39, 0.29) is 18.3 Å². The van der Waals surface area contributed by atoms with Crippen molar-refractivity contribution in [2.45, 2.75) is 5.75 Å². The van der Waals surface area contributed by atoms with Crippen molar-refractivity contribution in [3.8, 4) is 5.75 Å². The number of benzene rings is 1. The van der Waals surface area contributed by atoms with Crippen LogP contribution < -0.4 is 10.1 Å². The zero-order valence-electron chi connectivity index (χ0n) is 8.07. The molecule has 2 rings (SSSR count). The van der Waals surface area contributed by atoms with Crippen molar-refractivity contribution in [1.29, 1.82) is 0 Å². The van der Waals surface area contributed by atoms with Gasteiger partial charge in [0.25, 0.3) is 5.91 Å². The standard InChI is InChI=1S/C9H8ClNO4S/c10-16(13,14)5-6-2-1-3-7-9(6)11-8(12)4-15-7/h1-3H,4-5H2,(H,11,12). The van der Waals surface area contributed by atoms with Crippen LogP contribution in [0.1, 0.15) is 5.56 Å². The first-order valence-electron chi connectivity index (χ1n) is 4.42. The molecule has 0 spiro atoms. The average molecular weight is 262 g/mol. The molecule has 0 unspecified atom stereocenters. The zero-order valence-corrected chi connectivity index (χ0v) is 9.64. The number of hydrogen-bond donors (Lipinski definition) is 1. The van der Waals surface area contributed by atoms with Gasteiger partial charge in [0.2, 0.25) is 9.05 Å². The summed E-state index contributed by atoms with van der Waals surface area (Å²) in [7, 11) is 1.50. The number of fused-ring (bicyclic) bond motifs is 1. The van der Waals surface area contributed by atoms with E-state index < -0.39 is 9.05 Å². The van der Waals surface area contributed by atoms with Gasteiger partial charge in [-0.15, -0.1) is 0 Å². The van der Waals surface area contributed by atoms with Crippen LogP contribution >= 0.6 is 10.7 Å². The summed E-state index contributed by atoms with van der Waals surface area (Å²) in [5.74, 6) is -0.203. The van der Waals surface area contributed by atoms with Crippen molar-refractivity contribution in [3.63, 3.8) is 0 Å². The summed E-state index contributed by atoms with van der Waals surface area (Å²) in [4.78, 5) is 11.1. The molecule has 1 aromatic rings. The largest absolute Gasteiger partial charge is 0.482 e. The highest BCUT2D eigenvalue weighted by atomic mass is 35.7. The van der Waals surface area contributed by atoms with Gasteiger partial charge < -0.3 is 10.1 Å². The van der Waals surface area contributed by atoms with Crippen LogP contribution in [-0.4, -0.2) is 20.9 Å². The number of rotatable bonds is 2. The van der Waals surface area contributed by atoms with Gasteiger partial charge in [0.15, 0.2) is 6.61 Å². The summed E-state index contributed by atoms with van der Waals surface area (Å²) in [6.07, 6.45) is 0. The van der Waals surface area contributed by atoms with Crippen LogP contribution in [0.15, 0.2) is 18.2 Å². The fourth-order valence-corrected chi connectivity index (χ4v) is 2.43. The Balaban J connectivity index is 2.43. The predicted molar refractivity (Wildman–Crippen MR) is 59.0 cm³/mol. The van der Waals surface area contributed by atoms with E-state index in [1.54, 1.807) is 18.2 Å². The van der Waals surface area contributed by atoms with E-state index in [9.17, 15) is 13.2 Å². The maximum Gasteiger partial charge on any atom is 0.262 e. The molecule has 1 aliphatic rings. The Hall–Kier alpha value is -1.27. The molecule has 0 fully saturated rings. The van der Waals surface area contributed by atoms with Gasteiger partial charge in [-0.25, -0.2) is 8.42 Å². The number of amides is 1. The van der Waals surface area contributed by atoms with Gasteiger partial charge in [-0.05, 0) is 11.6 Å². The normalized spacial score (nSPS) is 14.9. The molecule has 0 bridgehead atoms. The van der Waals surface area contributed by atoms with Crippen molar-refractivity contribution >= 4 is 31.3 Å². The number of anilines is 1. The molecule has 0 saturated heterocycles. The van der Waals surface area contributed by atoms with E-state index >= 15 is 0 Å². The van der Waals surface area contributed by atoms with Crippen LogP contribution in [-0.2, 0) is 19.6 Å². The Morgan fingerprint density at radius 3 is 2.88 bits per heavy atom. The monoisotopic (exact) mass is 261 g/mol. The molecule has 1 amide bonds. The minimum absolute atomic E-state index is 0.0654. The quantitative estimate of drug-likeness (QED) is 0.809. The van der Waals surface area contributed by atoms with Crippen LogP contribution in [0.2, 0.25) is 0 Å². The number of hydrogen-bond acceptors (Lipinski definition) is 4. The second-order valence-corrected chi connectivity index (χ2v) is 6.09. The molecule has 0 atom stereocenters. The van der Waals surface area contributed by atoms with Crippen molar-refractivity contribution in [2.24, 2.45) is 0 Å². The summed E-state index contributed by atoms with van der Waals surface area (Å²) in [5.41, 5.74) is 0.795. The molecule has 0 saturated carbocycles. The van der Waals surface area contributed by atoms with E-state index in [1.807, 2.05) is 0 Å². The van der Waals surface area contributed by atoms with Gasteiger partial charge in [-0.1, -0.05) is 12.1 Å². The molecule has 5 nitrogen and oxygen atoms in total. The lowest BCUT2D eigenvalue weighted by molar-refractivity contribution is -0.118. The minimum Gasteiger partial charge on any atom is -0.482 e. The van der Waals surface area contributed by atoms with Crippen LogP contribution in [0.4, 0.5) is 5.69 Å². The van der Waals surface area contributed by atoms with Crippen LogP contribution in [0.3, 0.4) is 0 Å². The smallest absolute Gasteiger partial charge is 0.262 e. The Bertz CT molecular complexity index is 540. The molecule has 0 radical (unpaired) electrons. The van der Waals surface area contributed by atoms with E-state index in [0.29, 0.717) is 17.0 Å². The van der Waals surface area contributed by atoms with Gasteiger partial charge in [0.1, 0.15) is 5.75 Å². The van der Waals surface area contributed by atoms with Gasteiger partial charge in [0, 0.05) is 10.7 Å². The molecule has 1 heterocycles. The third-order valence-electron chi connectivity index (χ3n) is 2.06. The SMILES string of the molecule is O=C1COc2cccc(CS(=O)(=O)Cl)c2N1. The predicted octanol–water partition coefficient (Wildman–Crippen LogP) is 1.09. The number of ether oxygens (including phenoxy) is 1. The Labute approximate surface area is 96.8 Å². The number of para-hydroxylation sites is 1. The first-order chi connectivity index (χ1) is 7.46. The zero-order chi connectivity index (χ0) is 11.8. The Kier molecular flexibility index (Phi) is 2.77. The molecule has 1 aliphatic heterocycles. The van der Waals surface area contributed by atoms with E-state index in [0.717, 1.165) is 0 Å². The number of carbonyl (C=O) groups is 1. The Morgan fingerprint density at radius 1 is 1.44 bits per heavy atom. The first kappa shape index (κ1) is 11.2. The van der Waals surface area contributed by atoms with Crippen LogP contribution in [0.25, 0.3) is 0 Å². The highest BCUT2D eigenvalue weighted by Crippen LogP contribution is 2.32. The molecular weight excluding hydrogens is 254 g/mol. The molecule has 1 N–H and O–H groups in total. The molecule has 0 aromatic heterocycles. The fraction of sp³-hybridized carbons (Fsp3) is 0.222. The fourth-order valence-electron chi connectivity index (χ4n) is 1.46. The summed E-state index contributed by atoms with van der Waals surface area (Å²) >= 11 is 0. The third-order valence-corrected chi connectivity index (χ3v) is 3.05. The van der Waals surface area contributed by atoms with Crippen molar-refractivity contribution in [3.05, 3.63) is 23.8 Å². The average Bonchev–Trinajstić information content (AvgIpc) is 2.17. The highest BCUT2D eigenvalue weighted by Gasteiger charge is 2.21. The molecule has 7 heteroatoms. The van der Waals surface area contributed by atoms with Crippen molar-refractivity contribution in [1.82, 2.24) is 0 Å². The van der Waals surface area contributed by atoms with E-state index in [4.69, 9.17) is 15.4 Å². The lowest BCUT2D eigenvalue weighted by Crippen LogP contribution is -2.26. The van der Waals surface area contributed by atoms with Gasteiger partial charge in [-0.2, -0.15) is 0 Å². The summed E-state index contributed by atoms with van der Waals surface area (Å²) in [6, 6.07) is 4.88. The molecular formula is C9H8ClNO4S. The molecule has 86 valence electrons. The summed E-state index contributed by atoms with van der Waals surface area (Å²) in [5, 5.41) is 2.56. The third kappa shape index (κ3) is 2.45. The van der Waals surface area contributed by atoms with Gasteiger partial charge in [-0.3, -0.25) is 4.79 Å². The summed E-state index contributed by atoms with van der Waals surface area (Å²) in [6.45, 7) is -0.0654. The first-order valence-corrected chi connectivity index (χ1v) is 6.90. The number of nitrogens with one attached hydrogen (secondary N) is 1. The highest BCUT2D eigenvalue weighted by molar-refractivity contribution is 8.13. The molecule has 16 heavy (non-hydrogen) atoms. The van der Waals surface area contributed by atoms with Crippen LogP contribution in [0, 0.1) is 0 Å². The van der Waals surface area contributed by atoms with Gasteiger partial charge >= 0.3 is 0 Å². The summed E-state index contributed by atoms with van der Waals surface area (Å²) < 4.78 is 27.1. The molecule has 1 aromatic carbocycles. The van der Waals surface area contributed by atoms with Crippen LogP contribution in [0.5, 0.6) is 5.75 Å². The topological polar surface area (TPSA) is 72.5 Å². The van der Waals surface area contributed by atoms with Crippen molar-refractivity contribution in [2.75, 3.05) is 11.9 Å². The number of carbonyl (C=O) groups excluding carboxylic acids is 1. The van der Waals surface area contributed by atoms with E-state index in [1.165, 1.54) is 0 Å². The maximum absolute atomic E-state index is 11.1. The second kappa shape index (κ2) is 3.95. The second-order valence-electron chi connectivity index (χ2n) is 3.31. The lowest BCUT2D eigenvalue weighted by Gasteiger charge is -2.20.